The normalized spacial score (nSPS) is 22.4. The van der Waals surface area contributed by atoms with Gasteiger partial charge in [0.25, 0.3) is 0 Å². The quantitative estimate of drug-likeness (QED) is 0.793. The summed E-state index contributed by atoms with van der Waals surface area (Å²) in [6.45, 7) is 14.0. The topological polar surface area (TPSA) is 37.4 Å². The SMILES string of the molecule is CC(C)S(=O)(=O)N1CCC([C@@H](C)C(C)(C)C)CC1. The summed E-state index contributed by atoms with van der Waals surface area (Å²) in [5.74, 6) is 1.30. The van der Waals surface area contributed by atoms with Crippen molar-refractivity contribution < 1.29 is 8.42 Å². The summed E-state index contributed by atoms with van der Waals surface area (Å²) in [5.41, 5.74) is 0.309. The van der Waals surface area contributed by atoms with Gasteiger partial charge in [0.05, 0.1) is 5.25 Å². The van der Waals surface area contributed by atoms with E-state index >= 15 is 0 Å². The first kappa shape index (κ1) is 16.0. The fourth-order valence-electron chi connectivity index (χ4n) is 2.64. The summed E-state index contributed by atoms with van der Waals surface area (Å²) >= 11 is 0. The molecule has 1 aliphatic rings. The fourth-order valence-corrected chi connectivity index (χ4v) is 3.95. The van der Waals surface area contributed by atoms with Crippen LogP contribution in [0.5, 0.6) is 0 Å². The Morgan fingerprint density at radius 1 is 1.06 bits per heavy atom. The van der Waals surface area contributed by atoms with Crippen molar-refractivity contribution in [1.82, 2.24) is 4.31 Å². The van der Waals surface area contributed by atoms with Crippen LogP contribution < -0.4 is 0 Å². The highest BCUT2D eigenvalue weighted by Gasteiger charge is 2.35. The lowest BCUT2D eigenvalue weighted by atomic mass is 9.71. The standard InChI is InChI=1S/C14H29NO2S/c1-11(2)18(16,17)15-9-7-13(8-10-15)12(3)14(4,5)6/h11-13H,7-10H2,1-6H3/t12-/m1/s1. The Labute approximate surface area is 113 Å². The fraction of sp³-hybridized carbons (Fsp3) is 1.00. The number of hydrogen-bond acceptors (Lipinski definition) is 2. The van der Waals surface area contributed by atoms with Crippen LogP contribution in [0.3, 0.4) is 0 Å². The van der Waals surface area contributed by atoms with Crippen molar-refractivity contribution in [1.29, 1.82) is 0 Å². The smallest absolute Gasteiger partial charge is 0.212 e. The molecule has 1 rings (SSSR count). The lowest BCUT2D eigenvalue weighted by Crippen LogP contribution is -2.44. The van der Waals surface area contributed by atoms with Crippen molar-refractivity contribution in [3.8, 4) is 0 Å². The average Bonchev–Trinajstić information content (AvgIpc) is 2.26. The van der Waals surface area contributed by atoms with E-state index in [-0.39, 0.29) is 5.25 Å². The van der Waals surface area contributed by atoms with Gasteiger partial charge in [-0.15, -0.1) is 0 Å². The maximum absolute atomic E-state index is 12.1. The van der Waals surface area contributed by atoms with Gasteiger partial charge in [0.2, 0.25) is 10.0 Å². The second-order valence-corrected chi connectivity index (χ2v) is 9.47. The Balaban J connectivity index is 2.62. The second-order valence-electron chi connectivity index (χ2n) is 6.98. The molecule has 0 N–H and O–H groups in total. The van der Waals surface area contributed by atoms with Crippen molar-refractivity contribution in [2.45, 2.75) is 59.6 Å². The third-order valence-corrected chi connectivity index (χ3v) is 6.80. The first-order valence-electron chi connectivity index (χ1n) is 7.05. The Hall–Kier alpha value is -0.0900. The van der Waals surface area contributed by atoms with Gasteiger partial charge in [-0.2, -0.15) is 0 Å². The Bertz CT molecular complexity index is 360. The zero-order valence-corrected chi connectivity index (χ0v) is 13.5. The van der Waals surface area contributed by atoms with Gasteiger partial charge < -0.3 is 0 Å². The molecular weight excluding hydrogens is 246 g/mol. The van der Waals surface area contributed by atoms with E-state index in [4.69, 9.17) is 0 Å². The molecule has 0 aromatic heterocycles. The maximum Gasteiger partial charge on any atom is 0.216 e. The average molecular weight is 275 g/mol. The Morgan fingerprint density at radius 2 is 1.50 bits per heavy atom. The van der Waals surface area contributed by atoms with Gasteiger partial charge in [-0.3, -0.25) is 0 Å². The van der Waals surface area contributed by atoms with Crippen molar-refractivity contribution >= 4 is 10.0 Å². The number of hydrogen-bond donors (Lipinski definition) is 0. The molecule has 0 aliphatic carbocycles. The monoisotopic (exact) mass is 275 g/mol. The highest BCUT2D eigenvalue weighted by Crippen LogP contribution is 2.37. The van der Waals surface area contributed by atoms with E-state index in [1.807, 2.05) is 0 Å². The van der Waals surface area contributed by atoms with Crippen LogP contribution in [0.15, 0.2) is 0 Å². The summed E-state index contributed by atoms with van der Waals surface area (Å²) in [6, 6.07) is 0. The third-order valence-electron chi connectivity index (χ3n) is 4.53. The summed E-state index contributed by atoms with van der Waals surface area (Å²) in [7, 11) is -3.05. The van der Waals surface area contributed by atoms with Gasteiger partial charge in [0, 0.05) is 13.1 Å². The van der Waals surface area contributed by atoms with E-state index in [0.29, 0.717) is 30.3 Å². The first-order valence-corrected chi connectivity index (χ1v) is 8.56. The van der Waals surface area contributed by atoms with Crippen LogP contribution in [-0.4, -0.2) is 31.1 Å². The molecule has 4 heteroatoms. The largest absolute Gasteiger partial charge is 0.216 e. The van der Waals surface area contributed by atoms with Crippen molar-refractivity contribution in [2.75, 3.05) is 13.1 Å². The molecule has 0 aromatic carbocycles. The van der Waals surface area contributed by atoms with E-state index in [2.05, 4.69) is 27.7 Å². The zero-order valence-electron chi connectivity index (χ0n) is 12.7. The molecule has 1 aliphatic heterocycles. The maximum atomic E-state index is 12.1. The van der Waals surface area contributed by atoms with Crippen LogP contribution in [0, 0.1) is 17.3 Å². The second kappa shape index (κ2) is 5.49. The van der Waals surface area contributed by atoms with Crippen LogP contribution in [-0.2, 0) is 10.0 Å². The van der Waals surface area contributed by atoms with Crippen LogP contribution in [0.2, 0.25) is 0 Å². The van der Waals surface area contributed by atoms with Crippen LogP contribution >= 0.6 is 0 Å². The van der Waals surface area contributed by atoms with E-state index in [1.54, 1.807) is 18.2 Å². The van der Waals surface area contributed by atoms with E-state index < -0.39 is 10.0 Å². The minimum atomic E-state index is -3.05. The van der Waals surface area contributed by atoms with Crippen LogP contribution in [0.25, 0.3) is 0 Å². The van der Waals surface area contributed by atoms with E-state index in [1.165, 1.54) is 0 Å². The molecule has 0 saturated carbocycles. The molecule has 1 fully saturated rings. The van der Waals surface area contributed by atoms with Gasteiger partial charge in [-0.1, -0.05) is 27.7 Å². The summed E-state index contributed by atoms with van der Waals surface area (Å²) in [4.78, 5) is 0. The van der Waals surface area contributed by atoms with Crippen molar-refractivity contribution in [3.05, 3.63) is 0 Å². The predicted molar refractivity (Wildman–Crippen MR) is 77.0 cm³/mol. The number of sulfonamides is 1. The summed E-state index contributed by atoms with van der Waals surface area (Å²) < 4.78 is 25.9. The molecule has 1 atom stereocenters. The van der Waals surface area contributed by atoms with E-state index in [0.717, 1.165) is 12.8 Å². The molecule has 1 saturated heterocycles. The third kappa shape index (κ3) is 3.47. The highest BCUT2D eigenvalue weighted by atomic mass is 32.2. The molecule has 18 heavy (non-hydrogen) atoms. The summed E-state index contributed by atoms with van der Waals surface area (Å²) in [5, 5.41) is -0.297. The van der Waals surface area contributed by atoms with Gasteiger partial charge in [-0.25, -0.2) is 12.7 Å². The highest BCUT2D eigenvalue weighted by molar-refractivity contribution is 7.89. The lowest BCUT2D eigenvalue weighted by Gasteiger charge is -2.40. The molecule has 3 nitrogen and oxygen atoms in total. The van der Waals surface area contributed by atoms with Crippen LogP contribution in [0.1, 0.15) is 54.4 Å². The number of piperidine rings is 1. The van der Waals surface area contributed by atoms with Crippen molar-refractivity contribution in [2.24, 2.45) is 17.3 Å². The molecule has 108 valence electrons. The van der Waals surface area contributed by atoms with Gasteiger partial charge in [-0.05, 0) is 43.9 Å². The molecule has 0 spiro atoms. The van der Waals surface area contributed by atoms with E-state index in [9.17, 15) is 8.42 Å². The summed E-state index contributed by atoms with van der Waals surface area (Å²) in [6.07, 6.45) is 2.01. The molecule has 0 unspecified atom stereocenters. The predicted octanol–water partition coefficient (Wildman–Crippen LogP) is 3.12. The minimum absolute atomic E-state index is 0.297. The molecule has 0 aromatic rings. The number of rotatable bonds is 3. The molecule has 0 bridgehead atoms. The zero-order chi connectivity index (χ0) is 14.1. The minimum Gasteiger partial charge on any atom is -0.212 e. The molecule has 0 amide bonds. The van der Waals surface area contributed by atoms with Gasteiger partial charge in [0.1, 0.15) is 0 Å². The lowest BCUT2D eigenvalue weighted by molar-refractivity contribution is 0.126. The van der Waals surface area contributed by atoms with Crippen LogP contribution in [0.4, 0.5) is 0 Å². The van der Waals surface area contributed by atoms with Crippen molar-refractivity contribution in [3.63, 3.8) is 0 Å². The molecule has 0 radical (unpaired) electrons. The Kier molecular flexibility index (Phi) is 4.87. The number of nitrogens with zero attached hydrogens (tertiary/aromatic N) is 1. The first-order chi connectivity index (χ1) is 8.06. The molecule has 1 heterocycles. The molecular formula is C14H29NO2S. The Morgan fingerprint density at radius 3 is 1.83 bits per heavy atom. The van der Waals surface area contributed by atoms with Gasteiger partial charge >= 0.3 is 0 Å². The van der Waals surface area contributed by atoms with Gasteiger partial charge in [0.15, 0.2) is 0 Å².